The molecule has 0 amide bonds. The third kappa shape index (κ3) is 6.82. The lowest BCUT2D eigenvalue weighted by Gasteiger charge is -1.98. The van der Waals surface area contributed by atoms with Crippen molar-refractivity contribution in [1.82, 2.24) is 5.32 Å². The van der Waals surface area contributed by atoms with Crippen LogP contribution in [0.2, 0.25) is 0 Å². The zero-order valence-electron chi connectivity index (χ0n) is 5.41. The van der Waals surface area contributed by atoms with Crippen LogP contribution in [-0.4, -0.2) is 12.8 Å². The Hall–Kier alpha value is 0.820. The van der Waals surface area contributed by atoms with E-state index in [1.54, 1.807) is 0 Å². The fourth-order valence-corrected chi connectivity index (χ4v) is 1.22. The maximum absolute atomic E-state index is 3.33. The molecule has 1 N–H and O–H groups in total. The zero-order valence-corrected chi connectivity index (χ0v) is 7.56. The first kappa shape index (κ1) is 8.82. The Kier molecular flexibility index (Phi) is 8.62. The smallest absolute Gasteiger partial charge is 0.0162 e. The average Bonchev–Trinajstić information content (AvgIpc) is 1.81. The van der Waals surface area contributed by atoms with Crippen LogP contribution in [0.4, 0.5) is 0 Å². The molecule has 0 fully saturated rings. The molecule has 0 saturated carbocycles. The molecule has 8 heavy (non-hydrogen) atoms. The summed E-state index contributed by atoms with van der Waals surface area (Å²) in [5.41, 5.74) is 0. The second kappa shape index (κ2) is 7.82. The summed E-state index contributed by atoms with van der Waals surface area (Å²) in [6.45, 7) is 3.41. The van der Waals surface area contributed by atoms with Gasteiger partial charge in [0.15, 0.2) is 0 Å². The molecule has 0 aromatic heterocycles. The van der Waals surface area contributed by atoms with Crippen molar-refractivity contribution in [2.75, 3.05) is 12.8 Å². The van der Waals surface area contributed by atoms with Crippen molar-refractivity contribution in [2.45, 2.75) is 19.8 Å². The topological polar surface area (TPSA) is 12.0 Å². The van der Waals surface area contributed by atoms with Gasteiger partial charge < -0.3 is 5.32 Å². The molecule has 50 valence electrons. The van der Waals surface area contributed by atoms with Crippen molar-refractivity contribution in [2.24, 2.45) is 0 Å². The van der Waals surface area contributed by atoms with Gasteiger partial charge in [0.2, 0.25) is 0 Å². The molecule has 0 spiro atoms. The lowest BCUT2D eigenvalue weighted by atomic mass is 10.3. The highest BCUT2D eigenvalue weighted by atomic mass is 32.0. The Labute approximate surface area is 55.9 Å². The third-order valence-electron chi connectivity index (χ3n) is 0.934. The second-order valence-corrected chi connectivity index (χ2v) is 3.72. The van der Waals surface area contributed by atoms with E-state index in [1.807, 2.05) is 0 Å². The quantitative estimate of drug-likeness (QED) is 0.466. The van der Waals surface area contributed by atoms with Gasteiger partial charge in [-0.3, -0.25) is 0 Å². The standard InChI is InChI=1S/C5H15NP2/c1-2-3-4-6-5-8-7/h6,8H,2-5,7H2,1H3. The van der Waals surface area contributed by atoms with Gasteiger partial charge in [0.1, 0.15) is 0 Å². The summed E-state index contributed by atoms with van der Waals surface area (Å²) in [6, 6.07) is 0. The van der Waals surface area contributed by atoms with Gasteiger partial charge in [-0.1, -0.05) is 21.6 Å². The molecule has 3 heteroatoms. The number of rotatable bonds is 5. The highest BCUT2D eigenvalue weighted by Gasteiger charge is 1.80. The molecular formula is C5H15NP2. The summed E-state index contributed by atoms with van der Waals surface area (Å²) in [5, 5.41) is 3.33. The normalized spacial score (nSPS) is 11.2. The molecule has 2 atom stereocenters. The Morgan fingerprint density at radius 2 is 2.38 bits per heavy atom. The summed E-state index contributed by atoms with van der Waals surface area (Å²) in [5.74, 6) is 0. The molecule has 0 saturated heterocycles. The average molecular weight is 151 g/mol. The number of unbranched alkanes of at least 4 members (excludes halogenated alkanes) is 1. The van der Waals surface area contributed by atoms with E-state index in [0.29, 0.717) is 0 Å². The Bertz CT molecular complexity index is 35.4. The van der Waals surface area contributed by atoms with Gasteiger partial charge in [-0.05, 0) is 13.0 Å². The largest absolute Gasteiger partial charge is 0.313 e. The van der Waals surface area contributed by atoms with Gasteiger partial charge in [0.05, 0.1) is 0 Å². The van der Waals surface area contributed by atoms with Crippen LogP contribution in [0.1, 0.15) is 19.8 Å². The van der Waals surface area contributed by atoms with Gasteiger partial charge in [-0.2, -0.15) is 0 Å². The second-order valence-electron chi connectivity index (χ2n) is 1.73. The van der Waals surface area contributed by atoms with E-state index in [2.05, 4.69) is 21.2 Å². The number of nitrogens with one attached hydrogen (secondary N) is 1. The minimum Gasteiger partial charge on any atom is -0.313 e. The van der Waals surface area contributed by atoms with E-state index in [4.69, 9.17) is 0 Å². The molecule has 2 unspecified atom stereocenters. The van der Waals surface area contributed by atoms with Gasteiger partial charge in [0, 0.05) is 6.29 Å². The van der Waals surface area contributed by atoms with Crippen LogP contribution in [0.15, 0.2) is 0 Å². The van der Waals surface area contributed by atoms with Gasteiger partial charge in [0.25, 0.3) is 0 Å². The summed E-state index contributed by atoms with van der Waals surface area (Å²) in [4.78, 5) is 0. The van der Waals surface area contributed by atoms with Crippen molar-refractivity contribution in [3.05, 3.63) is 0 Å². The van der Waals surface area contributed by atoms with Crippen LogP contribution in [0, 0.1) is 0 Å². The molecule has 0 aromatic carbocycles. The minimum atomic E-state index is 0.975. The molecule has 1 nitrogen and oxygen atoms in total. The summed E-state index contributed by atoms with van der Waals surface area (Å²) in [6.07, 6.45) is 3.78. The van der Waals surface area contributed by atoms with E-state index in [0.717, 1.165) is 8.27 Å². The van der Waals surface area contributed by atoms with Crippen LogP contribution in [-0.2, 0) is 0 Å². The molecule has 0 aliphatic heterocycles. The number of hydrogen-bond donors (Lipinski definition) is 1. The molecule has 0 aliphatic carbocycles. The molecule has 0 heterocycles. The summed E-state index contributed by atoms with van der Waals surface area (Å²) in [7, 11) is 3.70. The molecule has 0 aromatic rings. The Morgan fingerprint density at radius 3 is 2.88 bits per heavy atom. The van der Waals surface area contributed by atoms with Gasteiger partial charge >= 0.3 is 0 Å². The first-order valence-electron chi connectivity index (χ1n) is 3.06. The van der Waals surface area contributed by atoms with Crippen LogP contribution in [0.3, 0.4) is 0 Å². The maximum Gasteiger partial charge on any atom is 0.0162 e. The van der Waals surface area contributed by atoms with E-state index < -0.39 is 0 Å². The number of hydrogen-bond acceptors (Lipinski definition) is 1. The molecular weight excluding hydrogens is 136 g/mol. The van der Waals surface area contributed by atoms with Crippen LogP contribution < -0.4 is 5.32 Å². The van der Waals surface area contributed by atoms with E-state index >= 15 is 0 Å². The SMILES string of the molecule is CCCCNCPP. The van der Waals surface area contributed by atoms with Crippen LogP contribution in [0.5, 0.6) is 0 Å². The van der Waals surface area contributed by atoms with Crippen LogP contribution in [0.25, 0.3) is 0 Å². The van der Waals surface area contributed by atoms with Crippen molar-refractivity contribution < 1.29 is 0 Å². The van der Waals surface area contributed by atoms with E-state index in [1.165, 1.54) is 25.7 Å². The molecule has 0 aliphatic rings. The monoisotopic (exact) mass is 151 g/mol. The maximum atomic E-state index is 3.33. The van der Waals surface area contributed by atoms with Crippen LogP contribution >= 0.6 is 17.2 Å². The van der Waals surface area contributed by atoms with E-state index in [9.17, 15) is 0 Å². The van der Waals surface area contributed by atoms with Crippen molar-refractivity contribution in [3.63, 3.8) is 0 Å². The highest BCUT2D eigenvalue weighted by molar-refractivity contribution is 8.02. The summed E-state index contributed by atoms with van der Waals surface area (Å²) >= 11 is 0. The fraction of sp³-hybridized carbons (Fsp3) is 1.00. The lowest BCUT2D eigenvalue weighted by Crippen LogP contribution is -2.11. The predicted molar refractivity (Wildman–Crippen MR) is 45.8 cm³/mol. The van der Waals surface area contributed by atoms with Crippen molar-refractivity contribution >= 4 is 17.2 Å². The molecule has 0 radical (unpaired) electrons. The van der Waals surface area contributed by atoms with Crippen molar-refractivity contribution in [3.8, 4) is 0 Å². The highest BCUT2D eigenvalue weighted by Crippen LogP contribution is 2.16. The predicted octanol–water partition coefficient (Wildman–Crippen LogP) is 1.80. The lowest BCUT2D eigenvalue weighted by molar-refractivity contribution is 0.700. The zero-order chi connectivity index (χ0) is 6.24. The Morgan fingerprint density at radius 1 is 1.62 bits per heavy atom. The van der Waals surface area contributed by atoms with Gasteiger partial charge in [-0.25, -0.2) is 0 Å². The first-order chi connectivity index (χ1) is 3.91. The fourth-order valence-electron chi connectivity index (χ4n) is 0.462. The van der Waals surface area contributed by atoms with E-state index in [-0.39, 0.29) is 0 Å². The third-order valence-corrected chi connectivity index (χ3v) is 2.00. The summed E-state index contributed by atoms with van der Waals surface area (Å²) < 4.78 is 0. The molecule has 0 bridgehead atoms. The van der Waals surface area contributed by atoms with Gasteiger partial charge in [-0.15, -0.1) is 8.93 Å². The molecule has 0 rings (SSSR count). The first-order valence-corrected chi connectivity index (χ1v) is 6.07. The minimum absolute atomic E-state index is 0.975. The Balaban J connectivity index is 2.53. The van der Waals surface area contributed by atoms with Crippen molar-refractivity contribution in [1.29, 1.82) is 0 Å².